The van der Waals surface area contributed by atoms with Crippen LogP contribution in [-0.2, 0) is 28.6 Å². The molecule has 0 aromatic heterocycles. The van der Waals surface area contributed by atoms with Crippen LogP contribution < -0.4 is 0 Å². The molecule has 0 heterocycles. The first kappa shape index (κ1) is 52.9. The number of unbranched alkanes of at least 4 members (excludes halogenated alkanes) is 17. The molecule has 0 aromatic rings. The van der Waals surface area contributed by atoms with Crippen molar-refractivity contribution in [2.24, 2.45) is 0 Å². The van der Waals surface area contributed by atoms with E-state index in [0.717, 1.165) is 77.0 Å². The SMILES string of the molecule is CC/C=C\C/C=C\CCCCC(=O)OCC(COC(=O)CCC/C=C\C/C=C\C/C=C\C/C=C\CCCCC)OC(=O)CCCCCCCCCCCCCC. The van der Waals surface area contributed by atoms with Gasteiger partial charge in [-0.05, 0) is 83.5 Å². The lowest BCUT2D eigenvalue weighted by Crippen LogP contribution is -2.30. The third kappa shape index (κ3) is 42.0. The van der Waals surface area contributed by atoms with Gasteiger partial charge in [-0.3, -0.25) is 14.4 Å². The highest BCUT2D eigenvalue weighted by Gasteiger charge is 2.19. The minimum Gasteiger partial charge on any atom is -0.462 e. The van der Waals surface area contributed by atoms with Crippen molar-refractivity contribution in [2.45, 2.75) is 213 Å². The number of rotatable bonds is 40. The maximum Gasteiger partial charge on any atom is 0.306 e. The van der Waals surface area contributed by atoms with Crippen LogP contribution >= 0.6 is 0 Å². The number of hydrogen-bond acceptors (Lipinski definition) is 6. The second kappa shape index (κ2) is 44.6. The van der Waals surface area contributed by atoms with Crippen molar-refractivity contribution in [3.63, 3.8) is 0 Å². The molecule has 320 valence electrons. The molecule has 0 N–H and O–H groups in total. The Labute approximate surface area is 344 Å². The monoisotopic (exact) mass is 781 g/mol. The molecule has 6 nitrogen and oxygen atoms in total. The molecule has 0 bridgehead atoms. The molecule has 1 unspecified atom stereocenters. The van der Waals surface area contributed by atoms with E-state index < -0.39 is 6.10 Å². The molecule has 6 heteroatoms. The van der Waals surface area contributed by atoms with Crippen LogP contribution in [0.1, 0.15) is 207 Å². The average molecular weight is 781 g/mol. The number of carbonyl (C=O) groups excluding carboxylic acids is 3. The smallest absolute Gasteiger partial charge is 0.306 e. The van der Waals surface area contributed by atoms with Crippen molar-refractivity contribution in [3.05, 3.63) is 72.9 Å². The zero-order valence-electron chi connectivity index (χ0n) is 36.4. The van der Waals surface area contributed by atoms with Crippen molar-refractivity contribution in [3.8, 4) is 0 Å². The Morgan fingerprint density at radius 3 is 1.20 bits per heavy atom. The highest BCUT2D eigenvalue weighted by molar-refractivity contribution is 5.71. The van der Waals surface area contributed by atoms with Gasteiger partial charge in [0, 0.05) is 19.3 Å². The van der Waals surface area contributed by atoms with Gasteiger partial charge in [0.15, 0.2) is 6.10 Å². The van der Waals surface area contributed by atoms with E-state index in [1.165, 1.54) is 83.5 Å². The molecule has 0 spiro atoms. The van der Waals surface area contributed by atoms with Crippen LogP contribution in [0.3, 0.4) is 0 Å². The Kier molecular flexibility index (Phi) is 42.1. The lowest BCUT2D eigenvalue weighted by atomic mass is 10.0. The highest BCUT2D eigenvalue weighted by atomic mass is 16.6. The van der Waals surface area contributed by atoms with Crippen molar-refractivity contribution >= 4 is 17.9 Å². The molecule has 56 heavy (non-hydrogen) atoms. The summed E-state index contributed by atoms with van der Waals surface area (Å²) >= 11 is 0. The van der Waals surface area contributed by atoms with Crippen molar-refractivity contribution in [1.29, 1.82) is 0 Å². The van der Waals surface area contributed by atoms with E-state index in [4.69, 9.17) is 14.2 Å². The maximum atomic E-state index is 12.7. The first-order valence-electron chi connectivity index (χ1n) is 22.9. The van der Waals surface area contributed by atoms with E-state index >= 15 is 0 Å². The molecule has 0 aliphatic carbocycles. The van der Waals surface area contributed by atoms with Crippen molar-refractivity contribution < 1.29 is 28.6 Å². The standard InChI is InChI=1S/C50H84O6/c1-4-7-10-13-16-19-21-23-24-25-26-27-29-31-34-37-40-43-49(52)55-46-47(45-54-48(51)42-39-36-33-30-18-15-12-9-6-3)56-50(53)44-41-38-35-32-28-22-20-17-14-11-8-5-2/h9,12,16,18-19,23-24,26-27,30-31,34,47H,4-8,10-11,13-15,17,20-22,25,28-29,32-33,35-46H2,1-3H3/b12-9-,19-16-,24-23-,27-26-,30-18-,34-31-. The zero-order chi connectivity index (χ0) is 40.8. The minimum absolute atomic E-state index is 0.109. The van der Waals surface area contributed by atoms with Gasteiger partial charge in [-0.25, -0.2) is 0 Å². The predicted molar refractivity (Wildman–Crippen MR) is 238 cm³/mol. The lowest BCUT2D eigenvalue weighted by Gasteiger charge is -2.18. The van der Waals surface area contributed by atoms with Gasteiger partial charge in [0.2, 0.25) is 0 Å². The summed E-state index contributed by atoms with van der Waals surface area (Å²) in [5, 5.41) is 0. The van der Waals surface area contributed by atoms with E-state index in [-0.39, 0.29) is 37.5 Å². The van der Waals surface area contributed by atoms with Crippen LogP contribution in [0.5, 0.6) is 0 Å². The predicted octanol–water partition coefficient (Wildman–Crippen LogP) is 14.7. The third-order valence-corrected chi connectivity index (χ3v) is 9.45. The zero-order valence-corrected chi connectivity index (χ0v) is 36.4. The molecule has 0 rings (SSSR count). The quantitative estimate of drug-likeness (QED) is 0.0267. The summed E-state index contributed by atoms with van der Waals surface area (Å²) in [7, 11) is 0. The van der Waals surface area contributed by atoms with E-state index in [1.807, 2.05) is 0 Å². The molecule has 0 radical (unpaired) electrons. The van der Waals surface area contributed by atoms with E-state index in [0.29, 0.717) is 19.3 Å². The number of hydrogen-bond donors (Lipinski definition) is 0. The Bertz CT molecular complexity index is 1080. The van der Waals surface area contributed by atoms with Gasteiger partial charge < -0.3 is 14.2 Å². The van der Waals surface area contributed by atoms with Gasteiger partial charge in [0.25, 0.3) is 0 Å². The lowest BCUT2D eigenvalue weighted by molar-refractivity contribution is -0.167. The van der Waals surface area contributed by atoms with Crippen molar-refractivity contribution in [2.75, 3.05) is 13.2 Å². The number of carbonyl (C=O) groups is 3. The fourth-order valence-electron chi connectivity index (χ4n) is 6.00. The molecule has 0 aliphatic heterocycles. The Hall–Kier alpha value is -3.15. The molecule has 0 amide bonds. The minimum atomic E-state index is -0.805. The summed E-state index contributed by atoms with van der Waals surface area (Å²) in [6.07, 6.45) is 54.7. The summed E-state index contributed by atoms with van der Waals surface area (Å²) < 4.78 is 16.6. The van der Waals surface area contributed by atoms with E-state index in [2.05, 4.69) is 93.7 Å². The van der Waals surface area contributed by atoms with Crippen LogP contribution in [0.25, 0.3) is 0 Å². The molecule has 1 atom stereocenters. The molecular weight excluding hydrogens is 697 g/mol. The highest BCUT2D eigenvalue weighted by Crippen LogP contribution is 2.14. The Morgan fingerprint density at radius 2 is 0.714 bits per heavy atom. The fraction of sp³-hybridized carbons (Fsp3) is 0.700. The normalized spacial score (nSPS) is 12.7. The molecule has 0 saturated carbocycles. The number of ether oxygens (including phenoxy) is 3. The molecule has 0 saturated heterocycles. The first-order chi connectivity index (χ1) is 27.5. The van der Waals surface area contributed by atoms with Crippen molar-refractivity contribution in [1.82, 2.24) is 0 Å². The second-order valence-electron chi connectivity index (χ2n) is 14.9. The van der Waals surface area contributed by atoms with E-state index in [9.17, 15) is 14.4 Å². The summed E-state index contributed by atoms with van der Waals surface area (Å²) in [5.41, 5.74) is 0. The van der Waals surface area contributed by atoms with E-state index in [1.54, 1.807) is 0 Å². The molecule has 0 aromatic carbocycles. The van der Waals surface area contributed by atoms with Gasteiger partial charge in [0.05, 0.1) is 0 Å². The number of allylic oxidation sites excluding steroid dienone is 12. The van der Waals surface area contributed by atoms with Crippen LogP contribution in [0.2, 0.25) is 0 Å². The van der Waals surface area contributed by atoms with Gasteiger partial charge >= 0.3 is 17.9 Å². The topological polar surface area (TPSA) is 78.9 Å². The summed E-state index contributed by atoms with van der Waals surface area (Å²) in [6.45, 7) is 6.38. The van der Waals surface area contributed by atoms with Crippen LogP contribution in [0.15, 0.2) is 72.9 Å². The largest absolute Gasteiger partial charge is 0.462 e. The Morgan fingerprint density at radius 1 is 0.375 bits per heavy atom. The Balaban J connectivity index is 4.46. The third-order valence-electron chi connectivity index (χ3n) is 9.45. The molecular formula is C50H84O6. The van der Waals surface area contributed by atoms with Gasteiger partial charge in [-0.2, -0.15) is 0 Å². The maximum absolute atomic E-state index is 12.7. The number of esters is 3. The summed E-state index contributed by atoms with van der Waals surface area (Å²) in [4.78, 5) is 37.6. The van der Waals surface area contributed by atoms with Crippen LogP contribution in [-0.4, -0.2) is 37.2 Å². The molecule has 0 fully saturated rings. The van der Waals surface area contributed by atoms with Gasteiger partial charge in [0.1, 0.15) is 13.2 Å². The first-order valence-corrected chi connectivity index (χ1v) is 22.9. The summed E-state index contributed by atoms with van der Waals surface area (Å²) in [5.74, 6) is -1.00. The van der Waals surface area contributed by atoms with Gasteiger partial charge in [-0.1, -0.05) is 177 Å². The second-order valence-corrected chi connectivity index (χ2v) is 14.9. The van der Waals surface area contributed by atoms with Crippen LogP contribution in [0.4, 0.5) is 0 Å². The molecule has 0 aliphatic rings. The average Bonchev–Trinajstić information content (AvgIpc) is 3.19. The fourth-order valence-corrected chi connectivity index (χ4v) is 6.00. The van der Waals surface area contributed by atoms with Crippen LogP contribution in [0, 0.1) is 0 Å². The summed E-state index contributed by atoms with van der Waals surface area (Å²) in [6, 6.07) is 0. The van der Waals surface area contributed by atoms with Gasteiger partial charge in [-0.15, -0.1) is 0 Å².